The third-order valence-electron chi connectivity index (χ3n) is 3.15. The van der Waals surface area contributed by atoms with Crippen molar-refractivity contribution in [1.29, 1.82) is 0 Å². The SMILES string of the molecule is CCOC(=O)c1ccccc1C(C)Nc1ccc(Br)cc1.Cl. The highest BCUT2D eigenvalue weighted by Gasteiger charge is 2.16. The van der Waals surface area contributed by atoms with Crippen LogP contribution in [0.2, 0.25) is 0 Å². The maximum absolute atomic E-state index is 12.0. The summed E-state index contributed by atoms with van der Waals surface area (Å²) >= 11 is 3.42. The van der Waals surface area contributed by atoms with Crippen LogP contribution in [-0.2, 0) is 4.74 Å². The molecule has 0 heterocycles. The normalized spacial score (nSPS) is 11.2. The molecule has 2 aromatic rings. The number of hydrogen-bond donors (Lipinski definition) is 1. The van der Waals surface area contributed by atoms with Crippen molar-refractivity contribution in [2.75, 3.05) is 11.9 Å². The summed E-state index contributed by atoms with van der Waals surface area (Å²) in [7, 11) is 0. The molecule has 0 aliphatic carbocycles. The first kappa shape index (κ1) is 18.5. The van der Waals surface area contributed by atoms with E-state index in [1.54, 1.807) is 6.07 Å². The number of halogens is 2. The fraction of sp³-hybridized carbons (Fsp3) is 0.235. The number of carbonyl (C=O) groups is 1. The molecule has 0 bridgehead atoms. The van der Waals surface area contributed by atoms with Crippen molar-refractivity contribution in [2.45, 2.75) is 19.9 Å². The smallest absolute Gasteiger partial charge is 0.338 e. The van der Waals surface area contributed by atoms with Crippen LogP contribution >= 0.6 is 28.3 Å². The fourth-order valence-corrected chi connectivity index (χ4v) is 2.41. The Bertz CT molecular complexity index is 616. The average molecular weight is 385 g/mol. The zero-order valence-corrected chi connectivity index (χ0v) is 14.9. The Morgan fingerprint density at radius 1 is 1.18 bits per heavy atom. The van der Waals surface area contributed by atoms with Crippen LogP contribution in [0.5, 0.6) is 0 Å². The second-order valence-corrected chi connectivity index (χ2v) is 5.60. The topological polar surface area (TPSA) is 38.3 Å². The Balaban J connectivity index is 0.00000242. The lowest BCUT2D eigenvalue weighted by Gasteiger charge is -2.18. The van der Waals surface area contributed by atoms with Crippen molar-refractivity contribution >= 4 is 40.0 Å². The van der Waals surface area contributed by atoms with Crippen molar-refractivity contribution in [3.05, 3.63) is 64.1 Å². The molecule has 5 heteroatoms. The highest BCUT2D eigenvalue weighted by atomic mass is 79.9. The Labute approximate surface area is 145 Å². The Kier molecular flexibility index (Phi) is 7.42. The molecule has 0 fully saturated rings. The number of ether oxygens (including phenoxy) is 1. The largest absolute Gasteiger partial charge is 0.462 e. The quantitative estimate of drug-likeness (QED) is 0.718. The first-order valence-electron chi connectivity index (χ1n) is 6.90. The molecule has 22 heavy (non-hydrogen) atoms. The molecule has 2 rings (SSSR count). The lowest BCUT2D eigenvalue weighted by molar-refractivity contribution is 0.0524. The van der Waals surface area contributed by atoms with Crippen molar-refractivity contribution in [2.24, 2.45) is 0 Å². The third kappa shape index (κ3) is 4.75. The number of benzene rings is 2. The third-order valence-corrected chi connectivity index (χ3v) is 3.68. The zero-order chi connectivity index (χ0) is 15.2. The van der Waals surface area contributed by atoms with E-state index in [-0.39, 0.29) is 24.4 Å². The van der Waals surface area contributed by atoms with Gasteiger partial charge in [0, 0.05) is 16.2 Å². The molecule has 0 saturated heterocycles. The summed E-state index contributed by atoms with van der Waals surface area (Å²) in [4.78, 5) is 12.0. The van der Waals surface area contributed by atoms with Crippen LogP contribution in [0, 0.1) is 0 Å². The van der Waals surface area contributed by atoms with E-state index in [1.807, 2.05) is 56.3 Å². The molecular weight excluding hydrogens is 366 g/mol. The summed E-state index contributed by atoms with van der Waals surface area (Å²) in [6, 6.07) is 15.5. The number of carbonyl (C=O) groups excluding carboxylic acids is 1. The monoisotopic (exact) mass is 383 g/mol. The maximum Gasteiger partial charge on any atom is 0.338 e. The second-order valence-electron chi connectivity index (χ2n) is 4.68. The van der Waals surface area contributed by atoms with Gasteiger partial charge in [-0.3, -0.25) is 0 Å². The lowest BCUT2D eigenvalue weighted by atomic mass is 10.0. The van der Waals surface area contributed by atoms with Gasteiger partial charge in [0.1, 0.15) is 0 Å². The van der Waals surface area contributed by atoms with Crippen molar-refractivity contribution in [3.8, 4) is 0 Å². The number of rotatable bonds is 5. The predicted octanol–water partition coefficient (Wildman–Crippen LogP) is 5.22. The molecule has 0 aromatic heterocycles. The van der Waals surface area contributed by atoms with Gasteiger partial charge in [0.2, 0.25) is 0 Å². The van der Waals surface area contributed by atoms with E-state index in [2.05, 4.69) is 21.2 Å². The van der Waals surface area contributed by atoms with Gasteiger partial charge >= 0.3 is 5.97 Å². The molecule has 118 valence electrons. The average Bonchev–Trinajstić information content (AvgIpc) is 2.50. The molecule has 0 spiro atoms. The van der Waals surface area contributed by atoms with E-state index in [1.165, 1.54) is 0 Å². The van der Waals surface area contributed by atoms with Gasteiger partial charge in [0.25, 0.3) is 0 Å². The fourth-order valence-electron chi connectivity index (χ4n) is 2.14. The van der Waals surface area contributed by atoms with Gasteiger partial charge in [-0.05, 0) is 49.7 Å². The Morgan fingerprint density at radius 3 is 2.45 bits per heavy atom. The van der Waals surface area contributed by atoms with Crippen LogP contribution in [0.15, 0.2) is 53.0 Å². The first-order valence-corrected chi connectivity index (χ1v) is 7.69. The summed E-state index contributed by atoms with van der Waals surface area (Å²) in [6.45, 7) is 4.21. The van der Waals surface area contributed by atoms with E-state index in [0.717, 1.165) is 15.7 Å². The van der Waals surface area contributed by atoms with Gasteiger partial charge in [0.15, 0.2) is 0 Å². The molecule has 1 atom stereocenters. The molecule has 0 aliphatic rings. The van der Waals surface area contributed by atoms with E-state index in [9.17, 15) is 4.79 Å². The van der Waals surface area contributed by atoms with Gasteiger partial charge in [-0.25, -0.2) is 4.79 Å². The number of anilines is 1. The number of nitrogens with one attached hydrogen (secondary N) is 1. The molecule has 1 unspecified atom stereocenters. The molecule has 0 aliphatic heterocycles. The zero-order valence-electron chi connectivity index (χ0n) is 12.5. The van der Waals surface area contributed by atoms with Gasteiger partial charge < -0.3 is 10.1 Å². The molecule has 0 amide bonds. The Hall–Kier alpha value is -1.52. The van der Waals surface area contributed by atoms with Crippen LogP contribution in [-0.4, -0.2) is 12.6 Å². The minimum Gasteiger partial charge on any atom is -0.462 e. The molecule has 2 aromatic carbocycles. The van der Waals surface area contributed by atoms with Gasteiger partial charge in [-0.1, -0.05) is 34.1 Å². The van der Waals surface area contributed by atoms with Crippen LogP contribution < -0.4 is 5.32 Å². The standard InChI is InChI=1S/C17H18BrNO2.ClH/c1-3-21-17(20)16-7-5-4-6-15(16)12(2)19-14-10-8-13(18)9-11-14;/h4-12,19H,3H2,1-2H3;1H. The summed E-state index contributed by atoms with van der Waals surface area (Å²) in [5.74, 6) is -0.280. The van der Waals surface area contributed by atoms with E-state index < -0.39 is 0 Å². The Morgan fingerprint density at radius 2 is 1.82 bits per heavy atom. The summed E-state index contributed by atoms with van der Waals surface area (Å²) < 4.78 is 6.15. The summed E-state index contributed by atoms with van der Waals surface area (Å²) in [5, 5.41) is 3.39. The minimum absolute atomic E-state index is 0. The minimum atomic E-state index is -0.280. The van der Waals surface area contributed by atoms with Crippen molar-refractivity contribution in [1.82, 2.24) is 0 Å². The van der Waals surface area contributed by atoms with Gasteiger partial charge in [-0.2, -0.15) is 0 Å². The highest BCUT2D eigenvalue weighted by Crippen LogP contribution is 2.24. The summed E-state index contributed by atoms with van der Waals surface area (Å²) in [5.41, 5.74) is 2.54. The maximum atomic E-state index is 12.0. The highest BCUT2D eigenvalue weighted by molar-refractivity contribution is 9.10. The second kappa shape index (κ2) is 8.81. The van der Waals surface area contributed by atoms with Crippen molar-refractivity contribution < 1.29 is 9.53 Å². The number of hydrogen-bond acceptors (Lipinski definition) is 3. The van der Waals surface area contributed by atoms with E-state index in [0.29, 0.717) is 12.2 Å². The molecular formula is C17H19BrClNO2. The van der Waals surface area contributed by atoms with Crippen LogP contribution in [0.3, 0.4) is 0 Å². The van der Waals surface area contributed by atoms with Crippen LogP contribution in [0.25, 0.3) is 0 Å². The lowest BCUT2D eigenvalue weighted by Crippen LogP contribution is -2.14. The van der Waals surface area contributed by atoms with E-state index >= 15 is 0 Å². The van der Waals surface area contributed by atoms with Gasteiger partial charge in [-0.15, -0.1) is 12.4 Å². The van der Waals surface area contributed by atoms with Crippen molar-refractivity contribution in [3.63, 3.8) is 0 Å². The number of esters is 1. The first-order chi connectivity index (χ1) is 10.1. The molecule has 1 N–H and O–H groups in total. The van der Waals surface area contributed by atoms with E-state index in [4.69, 9.17) is 4.74 Å². The predicted molar refractivity (Wildman–Crippen MR) is 95.8 cm³/mol. The summed E-state index contributed by atoms with van der Waals surface area (Å²) in [6.07, 6.45) is 0. The van der Waals surface area contributed by atoms with Crippen LogP contribution in [0.4, 0.5) is 5.69 Å². The molecule has 0 radical (unpaired) electrons. The molecule has 0 saturated carbocycles. The van der Waals surface area contributed by atoms with Crippen LogP contribution in [0.1, 0.15) is 35.8 Å². The molecule has 3 nitrogen and oxygen atoms in total. The van der Waals surface area contributed by atoms with Gasteiger partial charge in [0.05, 0.1) is 12.2 Å².